The second-order valence-electron chi connectivity index (χ2n) is 4.77. The molecule has 1 fully saturated rings. The lowest BCUT2D eigenvalue weighted by molar-refractivity contribution is 0.625. The van der Waals surface area contributed by atoms with E-state index in [4.69, 9.17) is 0 Å². The number of nitrogens with one attached hydrogen (secondary N) is 1. The Morgan fingerprint density at radius 2 is 2.31 bits per heavy atom. The third-order valence-electron chi connectivity index (χ3n) is 3.22. The maximum absolute atomic E-state index is 4.31. The highest BCUT2D eigenvalue weighted by molar-refractivity contribution is 5.55. The van der Waals surface area contributed by atoms with Gasteiger partial charge in [-0.2, -0.15) is 0 Å². The molecule has 0 spiro atoms. The first-order valence-corrected chi connectivity index (χ1v) is 6.17. The zero-order valence-corrected chi connectivity index (χ0v) is 10.4. The highest BCUT2D eigenvalue weighted by atomic mass is 15.2. The molecule has 3 nitrogen and oxygen atoms in total. The molecular weight excluding hydrogens is 198 g/mol. The zero-order valence-electron chi connectivity index (χ0n) is 10.4. The average Bonchev–Trinajstić information content (AvgIpc) is 2.59. The van der Waals surface area contributed by atoms with Crippen molar-refractivity contribution in [1.29, 1.82) is 0 Å². The molecule has 1 aliphatic heterocycles. The van der Waals surface area contributed by atoms with Crippen LogP contribution in [0.5, 0.6) is 0 Å². The minimum Gasteiger partial charge on any atom is -0.370 e. The Morgan fingerprint density at radius 3 is 2.94 bits per heavy atom. The molecular formula is C13H21N3. The smallest absolute Gasteiger partial charge is 0.127 e. The van der Waals surface area contributed by atoms with Crippen LogP contribution in [-0.4, -0.2) is 24.1 Å². The first-order chi connectivity index (χ1) is 7.70. The molecule has 1 aliphatic rings. The zero-order chi connectivity index (χ0) is 11.5. The summed E-state index contributed by atoms with van der Waals surface area (Å²) in [6.07, 6.45) is 3.18. The SMILES string of the molecule is CCNc1cc(N2CC(C)CC2C)ccn1. The van der Waals surface area contributed by atoms with Gasteiger partial charge in [0.2, 0.25) is 0 Å². The van der Waals surface area contributed by atoms with Crippen molar-refractivity contribution in [3.05, 3.63) is 18.3 Å². The fraction of sp³-hybridized carbons (Fsp3) is 0.615. The number of aromatic nitrogens is 1. The molecule has 1 saturated heterocycles. The standard InChI is InChI=1S/C13H21N3/c1-4-14-13-8-12(5-6-15-13)16-9-10(2)7-11(16)3/h5-6,8,10-11H,4,7,9H2,1-3H3,(H,14,15). The van der Waals surface area contributed by atoms with Crippen LogP contribution in [0.4, 0.5) is 11.5 Å². The Morgan fingerprint density at radius 1 is 1.50 bits per heavy atom. The highest BCUT2D eigenvalue weighted by Gasteiger charge is 2.26. The van der Waals surface area contributed by atoms with Crippen molar-refractivity contribution >= 4 is 11.5 Å². The minimum absolute atomic E-state index is 0.645. The summed E-state index contributed by atoms with van der Waals surface area (Å²) in [6, 6.07) is 4.90. The molecule has 88 valence electrons. The van der Waals surface area contributed by atoms with Gasteiger partial charge in [0.05, 0.1) is 0 Å². The normalized spacial score (nSPS) is 24.8. The predicted octanol–water partition coefficient (Wildman–Crippen LogP) is 2.75. The van der Waals surface area contributed by atoms with Crippen molar-refractivity contribution in [2.45, 2.75) is 33.2 Å². The van der Waals surface area contributed by atoms with Crippen molar-refractivity contribution < 1.29 is 0 Å². The Labute approximate surface area is 97.9 Å². The van der Waals surface area contributed by atoms with Crippen molar-refractivity contribution in [3.8, 4) is 0 Å². The quantitative estimate of drug-likeness (QED) is 0.847. The Balaban J connectivity index is 2.16. The molecule has 3 heteroatoms. The molecule has 2 atom stereocenters. The molecule has 0 saturated carbocycles. The van der Waals surface area contributed by atoms with Gasteiger partial charge in [-0.1, -0.05) is 6.92 Å². The van der Waals surface area contributed by atoms with E-state index in [0.717, 1.165) is 24.8 Å². The van der Waals surface area contributed by atoms with E-state index in [-0.39, 0.29) is 0 Å². The first kappa shape index (κ1) is 11.2. The monoisotopic (exact) mass is 219 g/mol. The van der Waals surface area contributed by atoms with E-state index in [9.17, 15) is 0 Å². The van der Waals surface area contributed by atoms with Gasteiger partial charge in [0.1, 0.15) is 5.82 Å². The number of anilines is 2. The van der Waals surface area contributed by atoms with Crippen LogP contribution in [0.25, 0.3) is 0 Å². The maximum Gasteiger partial charge on any atom is 0.127 e. The molecule has 0 amide bonds. The van der Waals surface area contributed by atoms with Gasteiger partial charge in [-0.25, -0.2) is 4.98 Å². The summed E-state index contributed by atoms with van der Waals surface area (Å²) in [5.74, 6) is 1.78. The van der Waals surface area contributed by atoms with Gasteiger partial charge >= 0.3 is 0 Å². The van der Waals surface area contributed by atoms with Crippen LogP contribution in [0.3, 0.4) is 0 Å². The van der Waals surface area contributed by atoms with Crippen LogP contribution >= 0.6 is 0 Å². The summed E-state index contributed by atoms with van der Waals surface area (Å²) >= 11 is 0. The molecule has 0 aliphatic carbocycles. The number of hydrogen-bond donors (Lipinski definition) is 1. The van der Waals surface area contributed by atoms with E-state index in [1.807, 2.05) is 6.20 Å². The van der Waals surface area contributed by atoms with E-state index in [1.165, 1.54) is 12.1 Å². The Kier molecular flexibility index (Phi) is 3.32. The first-order valence-electron chi connectivity index (χ1n) is 6.17. The number of nitrogens with zero attached hydrogens (tertiary/aromatic N) is 2. The van der Waals surface area contributed by atoms with Crippen LogP contribution in [-0.2, 0) is 0 Å². The third kappa shape index (κ3) is 2.29. The molecule has 2 heterocycles. The maximum atomic E-state index is 4.31. The predicted molar refractivity (Wildman–Crippen MR) is 69.0 cm³/mol. The lowest BCUT2D eigenvalue weighted by Crippen LogP contribution is -2.26. The van der Waals surface area contributed by atoms with E-state index in [2.05, 4.69) is 48.1 Å². The summed E-state index contributed by atoms with van der Waals surface area (Å²) in [5, 5.41) is 3.26. The summed E-state index contributed by atoms with van der Waals surface area (Å²) in [5.41, 5.74) is 1.29. The number of hydrogen-bond acceptors (Lipinski definition) is 3. The Hall–Kier alpha value is -1.25. The lowest BCUT2D eigenvalue weighted by Gasteiger charge is -2.24. The molecule has 0 bridgehead atoms. The van der Waals surface area contributed by atoms with Crippen LogP contribution in [0.15, 0.2) is 18.3 Å². The van der Waals surface area contributed by atoms with E-state index in [0.29, 0.717) is 6.04 Å². The Bertz CT molecular complexity index is 351. The van der Waals surface area contributed by atoms with E-state index >= 15 is 0 Å². The van der Waals surface area contributed by atoms with Gasteiger partial charge in [-0.05, 0) is 32.3 Å². The topological polar surface area (TPSA) is 28.2 Å². The van der Waals surface area contributed by atoms with Gasteiger partial charge in [0.25, 0.3) is 0 Å². The second kappa shape index (κ2) is 4.73. The summed E-state index contributed by atoms with van der Waals surface area (Å²) in [7, 11) is 0. The van der Waals surface area contributed by atoms with Gasteiger partial charge in [0.15, 0.2) is 0 Å². The fourth-order valence-electron chi connectivity index (χ4n) is 2.54. The molecule has 0 aromatic carbocycles. The molecule has 16 heavy (non-hydrogen) atoms. The van der Waals surface area contributed by atoms with Crippen molar-refractivity contribution in [2.75, 3.05) is 23.3 Å². The van der Waals surface area contributed by atoms with Crippen LogP contribution < -0.4 is 10.2 Å². The fourth-order valence-corrected chi connectivity index (χ4v) is 2.54. The van der Waals surface area contributed by atoms with Gasteiger partial charge in [0, 0.05) is 37.1 Å². The molecule has 1 aromatic rings. The van der Waals surface area contributed by atoms with E-state index < -0.39 is 0 Å². The largest absolute Gasteiger partial charge is 0.370 e. The van der Waals surface area contributed by atoms with Crippen molar-refractivity contribution in [1.82, 2.24) is 4.98 Å². The summed E-state index contributed by atoms with van der Waals surface area (Å²) in [6.45, 7) is 8.80. The second-order valence-corrected chi connectivity index (χ2v) is 4.77. The van der Waals surface area contributed by atoms with Gasteiger partial charge < -0.3 is 10.2 Å². The molecule has 1 N–H and O–H groups in total. The van der Waals surface area contributed by atoms with Crippen LogP contribution in [0, 0.1) is 5.92 Å². The molecule has 0 radical (unpaired) electrons. The molecule has 1 aromatic heterocycles. The van der Waals surface area contributed by atoms with Crippen LogP contribution in [0.2, 0.25) is 0 Å². The van der Waals surface area contributed by atoms with Gasteiger partial charge in [-0.3, -0.25) is 0 Å². The lowest BCUT2D eigenvalue weighted by atomic mass is 10.1. The van der Waals surface area contributed by atoms with Crippen LogP contribution in [0.1, 0.15) is 27.2 Å². The van der Waals surface area contributed by atoms with E-state index in [1.54, 1.807) is 0 Å². The molecule has 2 rings (SSSR count). The number of pyridine rings is 1. The van der Waals surface area contributed by atoms with Crippen molar-refractivity contribution in [2.24, 2.45) is 5.92 Å². The minimum atomic E-state index is 0.645. The summed E-state index contributed by atoms with van der Waals surface area (Å²) in [4.78, 5) is 6.79. The highest BCUT2D eigenvalue weighted by Crippen LogP contribution is 2.29. The van der Waals surface area contributed by atoms with Gasteiger partial charge in [-0.15, -0.1) is 0 Å². The average molecular weight is 219 g/mol. The molecule has 2 unspecified atom stereocenters. The third-order valence-corrected chi connectivity index (χ3v) is 3.22. The summed E-state index contributed by atoms with van der Waals surface area (Å²) < 4.78 is 0. The number of rotatable bonds is 3. The van der Waals surface area contributed by atoms with Crippen molar-refractivity contribution in [3.63, 3.8) is 0 Å².